The molecule has 0 radical (unpaired) electrons. The highest BCUT2D eigenvalue weighted by Crippen LogP contribution is 2.20. The Labute approximate surface area is 106 Å². The molecule has 16 heavy (non-hydrogen) atoms. The number of anilines is 1. The number of hydrogen-bond acceptors (Lipinski definition) is 4. The van der Waals surface area contributed by atoms with Gasteiger partial charge >= 0.3 is 0 Å². The lowest BCUT2D eigenvalue weighted by atomic mass is 10.2. The van der Waals surface area contributed by atoms with Crippen molar-refractivity contribution in [1.82, 2.24) is 9.94 Å². The summed E-state index contributed by atoms with van der Waals surface area (Å²) in [6.07, 6.45) is 1.40. The Kier molecular flexibility index (Phi) is 3.18. The predicted octanol–water partition coefficient (Wildman–Crippen LogP) is 1.89. The fraction of sp³-hybridized carbons (Fsp3) is 0.100. The highest BCUT2D eigenvalue weighted by Gasteiger charge is 2.06. The van der Waals surface area contributed by atoms with Gasteiger partial charge in [-0.2, -0.15) is 0 Å². The first kappa shape index (κ1) is 11.1. The molecule has 84 valence electrons. The third-order valence-corrected chi connectivity index (χ3v) is 3.08. The Morgan fingerprint density at radius 1 is 1.44 bits per heavy atom. The molecule has 0 atom stereocenters. The number of aromatic nitrogens is 2. The van der Waals surface area contributed by atoms with Crippen molar-refractivity contribution in [2.45, 2.75) is 6.61 Å². The fourth-order valence-corrected chi connectivity index (χ4v) is 1.92. The Balaban J connectivity index is 2.10. The molecule has 5 nitrogen and oxygen atoms in total. The minimum atomic E-state index is 0.335. The van der Waals surface area contributed by atoms with Gasteiger partial charge in [0.1, 0.15) is 6.61 Å². The van der Waals surface area contributed by atoms with Crippen LogP contribution in [0.25, 0.3) is 0 Å². The average molecular weight is 331 g/mol. The van der Waals surface area contributed by atoms with Gasteiger partial charge in [0.15, 0.2) is 0 Å². The van der Waals surface area contributed by atoms with Crippen molar-refractivity contribution < 1.29 is 9.94 Å². The number of ether oxygens (including phenoxy) is 1. The van der Waals surface area contributed by atoms with Crippen LogP contribution in [0.2, 0.25) is 0 Å². The molecule has 1 heterocycles. The first-order chi connectivity index (χ1) is 7.66. The van der Waals surface area contributed by atoms with Crippen LogP contribution >= 0.6 is 22.6 Å². The number of nitrogens with two attached hydrogens (primary N) is 1. The molecule has 0 fully saturated rings. The molecule has 0 unspecified atom stereocenters. The molecular weight excluding hydrogens is 321 g/mol. The van der Waals surface area contributed by atoms with Crippen LogP contribution in [0.5, 0.6) is 5.88 Å². The monoisotopic (exact) mass is 331 g/mol. The van der Waals surface area contributed by atoms with Crippen molar-refractivity contribution in [3.8, 4) is 5.88 Å². The van der Waals surface area contributed by atoms with Gasteiger partial charge in [-0.25, -0.2) is 0 Å². The smallest absolute Gasteiger partial charge is 0.236 e. The molecule has 2 aromatic rings. The Morgan fingerprint density at radius 3 is 2.88 bits per heavy atom. The second-order valence-electron chi connectivity index (χ2n) is 3.17. The van der Waals surface area contributed by atoms with Crippen molar-refractivity contribution in [2.24, 2.45) is 0 Å². The molecule has 6 heteroatoms. The minimum Gasteiger partial charge on any atom is -0.472 e. The van der Waals surface area contributed by atoms with Crippen molar-refractivity contribution in [3.05, 3.63) is 39.6 Å². The lowest BCUT2D eigenvalue weighted by Crippen LogP contribution is -2.03. The van der Waals surface area contributed by atoms with Crippen LogP contribution in [-0.4, -0.2) is 15.2 Å². The van der Waals surface area contributed by atoms with E-state index in [1.54, 1.807) is 6.07 Å². The van der Waals surface area contributed by atoms with Crippen LogP contribution in [0, 0.1) is 3.57 Å². The number of nitrogen functional groups attached to an aromatic ring is 1. The molecule has 0 aliphatic rings. The number of benzene rings is 1. The molecule has 0 bridgehead atoms. The molecule has 0 saturated carbocycles. The summed E-state index contributed by atoms with van der Waals surface area (Å²) in [5.41, 5.74) is 7.45. The predicted molar refractivity (Wildman–Crippen MR) is 67.3 cm³/mol. The van der Waals surface area contributed by atoms with Crippen LogP contribution in [0.15, 0.2) is 30.5 Å². The summed E-state index contributed by atoms with van der Waals surface area (Å²) < 4.78 is 6.44. The first-order valence-corrected chi connectivity index (χ1v) is 5.65. The van der Waals surface area contributed by atoms with E-state index in [2.05, 4.69) is 27.7 Å². The van der Waals surface area contributed by atoms with Crippen LogP contribution in [-0.2, 0) is 6.61 Å². The number of nitrogens with zero attached hydrogens (tertiary/aromatic N) is 2. The molecule has 3 N–H and O–H groups in total. The van der Waals surface area contributed by atoms with Crippen LogP contribution in [0.3, 0.4) is 0 Å². The highest BCUT2D eigenvalue weighted by molar-refractivity contribution is 14.1. The molecule has 2 rings (SSSR count). The van der Waals surface area contributed by atoms with Crippen molar-refractivity contribution >= 4 is 28.3 Å². The van der Waals surface area contributed by atoms with Gasteiger partial charge in [-0.1, -0.05) is 11.2 Å². The summed E-state index contributed by atoms with van der Waals surface area (Å²) in [6.45, 7) is 0.335. The Hall–Kier alpha value is -1.44. The van der Waals surface area contributed by atoms with E-state index in [0.29, 0.717) is 23.0 Å². The van der Waals surface area contributed by atoms with Crippen molar-refractivity contribution in [1.29, 1.82) is 0 Å². The zero-order chi connectivity index (χ0) is 11.5. The minimum absolute atomic E-state index is 0.335. The quantitative estimate of drug-likeness (QED) is 0.512. The summed E-state index contributed by atoms with van der Waals surface area (Å²) in [6, 6.07) is 7.25. The number of halogens is 1. The van der Waals surface area contributed by atoms with E-state index in [9.17, 15) is 0 Å². The van der Waals surface area contributed by atoms with E-state index < -0.39 is 0 Å². The van der Waals surface area contributed by atoms with Gasteiger partial charge in [-0.15, -0.1) is 4.85 Å². The Morgan fingerprint density at radius 2 is 2.25 bits per heavy atom. The fourth-order valence-electron chi connectivity index (χ4n) is 1.25. The maximum absolute atomic E-state index is 8.96. The third kappa shape index (κ3) is 2.38. The van der Waals surface area contributed by atoms with Gasteiger partial charge in [0.2, 0.25) is 5.88 Å². The first-order valence-electron chi connectivity index (χ1n) is 4.57. The van der Waals surface area contributed by atoms with E-state index in [1.165, 1.54) is 6.20 Å². The van der Waals surface area contributed by atoms with Gasteiger partial charge in [0, 0.05) is 20.9 Å². The average Bonchev–Trinajstić information content (AvgIpc) is 2.63. The van der Waals surface area contributed by atoms with E-state index in [1.807, 2.05) is 18.2 Å². The molecule has 0 aliphatic heterocycles. The summed E-state index contributed by atoms with van der Waals surface area (Å²) >= 11 is 2.20. The SMILES string of the molecule is Nc1cccc(I)c1COc1ccn(O)n1. The topological polar surface area (TPSA) is 73.3 Å². The summed E-state index contributed by atoms with van der Waals surface area (Å²) in [4.78, 5) is 0.703. The van der Waals surface area contributed by atoms with Gasteiger partial charge in [-0.3, -0.25) is 0 Å². The number of hydrogen-bond donors (Lipinski definition) is 2. The normalized spacial score (nSPS) is 10.3. The zero-order valence-corrected chi connectivity index (χ0v) is 10.5. The molecule has 0 aliphatic carbocycles. The lowest BCUT2D eigenvalue weighted by Gasteiger charge is -2.08. The van der Waals surface area contributed by atoms with E-state index >= 15 is 0 Å². The van der Waals surface area contributed by atoms with Gasteiger partial charge in [0.05, 0.1) is 6.20 Å². The van der Waals surface area contributed by atoms with Gasteiger partial charge in [0.25, 0.3) is 0 Å². The molecule has 0 saturated heterocycles. The lowest BCUT2D eigenvalue weighted by molar-refractivity contribution is 0.141. The van der Waals surface area contributed by atoms with E-state index in [4.69, 9.17) is 15.7 Å². The Bertz CT molecular complexity index is 478. The summed E-state index contributed by atoms with van der Waals surface area (Å²) in [5, 5.41) is 12.7. The molecular formula is C10H10IN3O2. The van der Waals surface area contributed by atoms with Crippen molar-refractivity contribution in [2.75, 3.05) is 5.73 Å². The van der Waals surface area contributed by atoms with Crippen LogP contribution in [0.1, 0.15) is 5.56 Å². The van der Waals surface area contributed by atoms with Crippen LogP contribution in [0.4, 0.5) is 5.69 Å². The van der Waals surface area contributed by atoms with Crippen molar-refractivity contribution in [3.63, 3.8) is 0 Å². The van der Waals surface area contributed by atoms with E-state index in [-0.39, 0.29) is 0 Å². The highest BCUT2D eigenvalue weighted by atomic mass is 127. The maximum Gasteiger partial charge on any atom is 0.236 e. The standard InChI is InChI=1S/C10H10IN3O2/c11-8-2-1-3-9(12)7(8)6-16-10-4-5-14(15)13-10/h1-5,15H,6,12H2. The van der Waals surface area contributed by atoms with Gasteiger partial charge in [-0.05, 0) is 34.7 Å². The number of rotatable bonds is 3. The summed E-state index contributed by atoms with van der Waals surface area (Å²) in [5.74, 6) is 0.363. The van der Waals surface area contributed by atoms with Gasteiger partial charge < -0.3 is 15.7 Å². The van der Waals surface area contributed by atoms with E-state index in [0.717, 1.165) is 9.13 Å². The largest absolute Gasteiger partial charge is 0.472 e. The second-order valence-corrected chi connectivity index (χ2v) is 4.33. The third-order valence-electron chi connectivity index (χ3n) is 2.07. The zero-order valence-electron chi connectivity index (χ0n) is 8.30. The van der Waals surface area contributed by atoms with Crippen LogP contribution < -0.4 is 10.5 Å². The molecule has 1 aromatic heterocycles. The molecule has 1 aromatic carbocycles. The maximum atomic E-state index is 8.96. The molecule has 0 spiro atoms. The summed E-state index contributed by atoms with van der Waals surface area (Å²) in [7, 11) is 0. The molecule has 0 amide bonds. The second kappa shape index (κ2) is 4.60.